The molecule has 0 bridgehead atoms. The number of rotatable bonds is 3. The van der Waals surface area contributed by atoms with Crippen LogP contribution in [0.4, 0.5) is 0 Å². The average Bonchev–Trinajstić information content (AvgIpc) is 3.58. The third-order valence-electron chi connectivity index (χ3n) is 9.28. The zero-order chi connectivity index (χ0) is 27.9. The van der Waals surface area contributed by atoms with E-state index in [0.717, 1.165) is 17.1 Å². The molecule has 1 aliphatic carbocycles. The summed E-state index contributed by atoms with van der Waals surface area (Å²) in [4.78, 5) is 4.83. The van der Waals surface area contributed by atoms with E-state index in [2.05, 4.69) is 142 Å². The van der Waals surface area contributed by atoms with Crippen LogP contribution in [0.25, 0.3) is 60.5 Å². The van der Waals surface area contributed by atoms with Gasteiger partial charge in [-0.25, -0.2) is 4.98 Å². The van der Waals surface area contributed by atoms with Crippen LogP contribution in [0.5, 0.6) is 0 Å². The summed E-state index contributed by atoms with van der Waals surface area (Å²) in [7, 11) is 0. The van der Waals surface area contributed by atoms with E-state index in [-0.39, 0.29) is 5.41 Å². The standard InChI is InChI=1S/C39H32N2/c1-24(2)25-13-16-27(17-14-25)41-22-21-40-38(41)26-15-18-33-35(23-26)39(3,4)34-20-19-32-30-11-6-5-9-28(30)29-10-7-8-12-31(29)36(32)37(33)34/h5-24H,1-4H3. The molecular weight excluding hydrogens is 496 g/mol. The molecule has 0 aliphatic heterocycles. The van der Waals surface area contributed by atoms with Crippen LogP contribution in [0.2, 0.25) is 0 Å². The first-order valence-corrected chi connectivity index (χ1v) is 14.6. The first-order valence-electron chi connectivity index (χ1n) is 14.6. The molecule has 0 unspecified atom stereocenters. The molecule has 0 saturated heterocycles. The fourth-order valence-corrected chi connectivity index (χ4v) is 7.11. The van der Waals surface area contributed by atoms with Crippen LogP contribution in [-0.4, -0.2) is 9.55 Å². The number of nitrogens with zero attached hydrogens (tertiary/aromatic N) is 2. The number of hydrogen-bond donors (Lipinski definition) is 0. The first-order chi connectivity index (χ1) is 19.9. The van der Waals surface area contributed by atoms with Gasteiger partial charge < -0.3 is 0 Å². The van der Waals surface area contributed by atoms with Crippen LogP contribution in [-0.2, 0) is 5.41 Å². The summed E-state index contributed by atoms with van der Waals surface area (Å²) in [5, 5.41) is 7.96. The largest absolute Gasteiger partial charge is 0.300 e. The van der Waals surface area contributed by atoms with E-state index < -0.39 is 0 Å². The van der Waals surface area contributed by atoms with Crippen LogP contribution in [0, 0.1) is 0 Å². The molecule has 0 N–H and O–H groups in total. The monoisotopic (exact) mass is 528 g/mol. The van der Waals surface area contributed by atoms with Gasteiger partial charge in [0.1, 0.15) is 5.82 Å². The van der Waals surface area contributed by atoms with Crippen molar-refractivity contribution in [2.45, 2.75) is 39.0 Å². The maximum atomic E-state index is 4.83. The van der Waals surface area contributed by atoms with Crippen LogP contribution in [0.1, 0.15) is 50.3 Å². The van der Waals surface area contributed by atoms with Gasteiger partial charge in [0.05, 0.1) is 0 Å². The molecule has 2 nitrogen and oxygen atoms in total. The first kappa shape index (κ1) is 24.1. The molecule has 198 valence electrons. The molecule has 0 radical (unpaired) electrons. The van der Waals surface area contributed by atoms with Gasteiger partial charge in [-0.3, -0.25) is 4.57 Å². The van der Waals surface area contributed by atoms with E-state index in [1.807, 2.05) is 6.20 Å². The van der Waals surface area contributed by atoms with Crippen LogP contribution >= 0.6 is 0 Å². The molecule has 8 rings (SSSR count). The van der Waals surface area contributed by atoms with Crippen LogP contribution < -0.4 is 0 Å². The van der Waals surface area contributed by atoms with Crippen LogP contribution in [0.15, 0.2) is 116 Å². The predicted molar refractivity (Wildman–Crippen MR) is 173 cm³/mol. The van der Waals surface area contributed by atoms with E-state index in [1.54, 1.807) is 0 Å². The quantitative estimate of drug-likeness (QED) is 0.209. The molecule has 1 aromatic heterocycles. The van der Waals surface area contributed by atoms with E-state index in [1.165, 1.54) is 60.1 Å². The zero-order valence-corrected chi connectivity index (χ0v) is 23.9. The highest BCUT2D eigenvalue weighted by Crippen LogP contribution is 2.54. The molecule has 2 heteroatoms. The number of aromatic nitrogens is 2. The lowest BCUT2D eigenvalue weighted by Gasteiger charge is -2.22. The van der Waals surface area contributed by atoms with Crippen molar-refractivity contribution in [2.75, 3.05) is 0 Å². The Morgan fingerprint density at radius 2 is 1.29 bits per heavy atom. The van der Waals surface area contributed by atoms with E-state index in [0.29, 0.717) is 5.92 Å². The lowest BCUT2D eigenvalue weighted by molar-refractivity contribution is 0.661. The van der Waals surface area contributed by atoms with Gasteiger partial charge in [0.25, 0.3) is 0 Å². The summed E-state index contributed by atoms with van der Waals surface area (Å²) in [5.74, 6) is 1.48. The maximum Gasteiger partial charge on any atom is 0.144 e. The van der Waals surface area contributed by atoms with Gasteiger partial charge in [0, 0.05) is 29.1 Å². The molecule has 6 aromatic carbocycles. The van der Waals surface area contributed by atoms with Crippen molar-refractivity contribution < 1.29 is 0 Å². The maximum absolute atomic E-state index is 4.83. The van der Waals surface area contributed by atoms with Crippen molar-refractivity contribution in [1.82, 2.24) is 9.55 Å². The Labute approximate surface area is 240 Å². The normalized spacial score (nSPS) is 13.8. The lowest BCUT2D eigenvalue weighted by atomic mass is 9.81. The second-order valence-corrected chi connectivity index (χ2v) is 12.3. The van der Waals surface area contributed by atoms with Crippen molar-refractivity contribution in [3.8, 4) is 28.2 Å². The lowest BCUT2D eigenvalue weighted by Crippen LogP contribution is -2.15. The summed E-state index contributed by atoms with van der Waals surface area (Å²) in [5.41, 5.74) is 8.96. The minimum absolute atomic E-state index is 0.127. The van der Waals surface area contributed by atoms with Crippen molar-refractivity contribution >= 4 is 32.3 Å². The summed E-state index contributed by atoms with van der Waals surface area (Å²) in [6.07, 6.45) is 3.97. The summed E-state index contributed by atoms with van der Waals surface area (Å²) < 4.78 is 2.20. The SMILES string of the molecule is CC(C)c1ccc(-n2ccnc2-c2ccc3c(c2)C(C)(C)c2ccc4c5ccccc5c5ccccc5c4c2-3)cc1. The number of fused-ring (bicyclic) bond motifs is 10. The minimum atomic E-state index is -0.127. The van der Waals surface area contributed by atoms with Crippen molar-refractivity contribution in [1.29, 1.82) is 0 Å². The molecule has 7 aromatic rings. The van der Waals surface area contributed by atoms with Gasteiger partial charge in [-0.15, -0.1) is 0 Å². The second kappa shape index (κ2) is 8.65. The van der Waals surface area contributed by atoms with Gasteiger partial charge in [-0.1, -0.05) is 113 Å². The number of imidazole rings is 1. The van der Waals surface area contributed by atoms with Gasteiger partial charge >= 0.3 is 0 Å². The van der Waals surface area contributed by atoms with Crippen LogP contribution in [0.3, 0.4) is 0 Å². The van der Waals surface area contributed by atoms with E-state index >= 15 is 0 Å². The molecule has 1 heterocycles. The fraction of sp³-hybridized carbons (Fsp3) is 0.154. The molecule has 41 heavy (non-hydrogen) atoms. The Morgan fingerprint density at radius 3 is 1.98 bits per heavy atom. The number of benzene rings is 6. The minimum Gasteiger partial charge on any atom is -0.300 e. The van der Waals surface area contributed by atoms with Gasteiger partial charge in [-0.2, -0.15) is 0 Å². The smallest absolute Gasteiger partial charge is 0.144 e. The van der Waals surface area contributed by atoms with Crippen molar-refractivity contribution in [3.63, 3.8) is 0 Å². The highest BCUT2D eigenvalue weighted by Gasteiger charge is 2.37. The molecule has 0 spiro atoms. The topological polar surface area (TPSA) is 17.8 Å². The molecule has 0 atom stereocenters. The highest BCUT2D eigenvalue weighted by molar-refractivity contribution is 6.29. The Hall–Kier alpha value is -4.69. The fourth-order valence-electron chi connectivity index (χ4n) is 7.11. The van der Waals surface area contributed by atoms with Gasteiger partial charge in [0.15, 0.2) is 0 Å². The van der Waals surface area contributed by atoms with Gasteiger partial charge in [0.2, 0.25) is 0 Å². The molecule has 0 amide bonds. The molecular formula is C39H32N2. The Balaban J connectivity index is 1.36. The molecule has 0 fully saturated rings. The number of hydrogen-bond acceptors (Lipinski definition) is 1. The average molecular weight is 529 g/mol. The third-order valence-corrected chi connectivity index (χ3v) is 9.28. The summed E-state index contributed by atoms with van der Waals surface area (Å²) in [6, 6.07) is 38.3. The van der Waals surface area contributed by atoms with Gasteiger partial charge in [-0.05, 0) is 84.3 Å². The molecule has 1 aliphatic rings. The summed E-state index contributed by atoms with van der Waals surface area (Å²) in [6.45, 7) is 9.20. The highest BCUT2D eigenvalue weighted by atomic mass is 15.1. The molecule has 0 saturated carbocycles. The zero-order valence-electron chi connectivity index (χ0n) is 23.9. The Bertz CT molecular complexity index is 2110. The second-order valence-electron chi connectivity index (χ2n) is 12.3. The Morgan fingerprint density at radius 1 is 0.659 bits per heavy atom. The van der Waals surface area contributed by atoms with Crippen molar-refractivity contribution in [3.05, 3.63) is 132 Å². The van der Waals surface area contributed by atoms with E-state index in [9.17, 15) is 0 Å². The third kappa shape index (κ3) is 3.40. The van der Waals surface area contributed by atoms with E-state index in [4.69, 9.17) is 4.98 Å². The summed E-state index contributed by atoms with van der Waals surface area (Å²) >= 11 is 0. The van der Waals surface area contributed by atoms with Crippen molar-refractivity contribution in [2.24, 2.45) is 0 Å². The predicted octanol–water partition coefficient (Wildman–Crippen LogP) is 10.4. The Kier molecular flexibility index (Phi) is 5.09.